The molecule has 1 amide bonds. The number of fused-ring (bicyclic) bond motifs is 1. The van der Waals surface area contributed by atoms with Crippen molar-refractivity contribution in [3.8, 4) is 11.4 Å². The summed E-state index contributed by atoms with van der Waals surface area (Å²) < 4.78 is 13.8. The molecular formula is C12H13N7O2S. The van der Waals surface area contributed by atoms with Gasteiger partial charge in [-0.1, -0.05) is 6.92 Å². The maximum Gasteiger partial charge on any atom is 0.251 e. The molecule has 0 aliphatic carbocycles. The van der Waals surface area contributed by atoms with Gasteiger partial charge in [0.05, 0.1) is 40.0 Å². The van der Waals surface area contributed by atoms with Gasteiger partial charge < -0.3 is 5.73 Å². The fourth-order valence-corrected chi connectivity index (χ4v) is 3.19. The number of tetrazole rings is 1. The molecule has 0 bridgehead atoms. The number of carbonyl (C=O) groups is 1. The minimum Gasteiger partial charge on any atom is -0.366 e. The van der Waals surface area contributed by atoms with Gasteiger partial charge in [0.15, 0.2) is 0 Å². The van der Waals surface area contributed by atoms with E-state index in [1.807, 2.05) is 0 Å². The monoisotopic (exact) mass is 319 g/mol. The zero-order chi connectivity index (χ0) is 15.9. The number of hydrogen-bond donors (Lipinski definition) is 1. The summed E-state index contributed by atoms with van der Waals surface area (Å²) in [5, 5.41) is 15.9. The molecule has 10 heteroatoms. The van der Waals surface area contributed by atoms with Crippen molar-refractivity contribution < 1.29 is 9.00 Å². The molecule has 114 valence electrons. The van der Waals surface area contributed by atoms with Gasteiger partial charge in [-0.05, 0) is 11.3 Å². The van der Waals surface area contributed by atoms with E-state index in [0.717, 1.165) is 0 Å². The number of amides is 1. The molecule has 0 spiro atoms. The fourth-order valence-electron chi connectivity index (χ4n) is 2.11. The summed E-state index contributed by atoms with van der Waals surface area (Å²) in [4.78, 5) is 13.3. The Balaban J connectivity index is 2.27. The summed E-state index contributed by atoms with van der Waals surface area (Å²) in [6.45, 7) is 1.77. The third kappa shape index (κ3) is 2.26. The van der Waals surface area contributed by atoms with Crippen LogP contribution in [0.5, 0.6) is 0 Å². The number of aromatic nitrogens is 6. The maximum atomic E-state index is 12.3. The molecule has 1 unspecified atom stereocenters. The van der Waals surface area contributed by atoms with Crippen molar-refractivity contribution in [2.24, 2.45) is 12.8 Å². The second kappa shape index (κ2) is 5.30. The van der Waals surface area contributed by atoms with Gasteiger partial charge in [0, 0.05) is 17.5 Å². The second-order valence-electron chi connectivity index (χ2n) is 4.55. The lowest BCUT2D eigenvalue weighted by atomic mass is 10.2. The van der Waals surface area contributed by atoms with Crippen LogP contribution in [-0.2, 0) is 17.8 Å². The molecule has 22 heavy (non-hydrogen) atoms. The summed E-state index contributed by atoms with van der Waals surface area (Å²) in [6, 6.07) is 1.72. The van der Waals surface area contributed by atoms with Crippen LogP contribution in [0.15, 0.2) is 23.4 Å². The first-order chi connectivity index (χ1) is 10.5. The normalized spacial score (nSPS) is 12.6. The molecule has 1 atom stereocenters. The zero-order valence-corrected chi connectivity index (χ0v) is 12.7. The molecule has 3 heterocycles. The van der Waals surface area contributed by atoms with Crippen molar-refractivity contribution in [3.05, 3.63) is 24.0 Å². The Hall–Kier alpha value is -2.62. The molecule has 9 nitrogen and oxygen atoms in total. The van der Waals surface area contributed by atoms with Crippen LogP contribution in [0.25, 0.3) is 16.9 Å². The summed E-state index contributed by atoms with van der Waals surface area (Å²) in [7, 11) is 0.302. The van der Waals surface area contributed by atoms with Crippen molar-refractivity contribution in [1.82, 2.24) is 29.8 Å². The molecule has 0 fully saturated rings. The topological polar surface area (TPSA) is 121 Å². The highest BCUT2D eigenvalue weighted by atomic mass is 32.2. The molecule has 3 aromatic heterocycles. The standard InChI is InChI=1S/C12H13N7O2S/c1-3-22(21)10-8(11(13)20)5-14-19-6-7(4-9(10)19)12-15-17-18(2)16-12/h4-6H,3H2,1-2H3,(H2,13,20). The summed E-state index contributed by atoms with van der Waals surface area (Å²) in [5.41, 5.74) is 6.72. The van der Waals surface area contributed by atoms with Crippen LogP contribution in [0.1, 0.15) is 17.3 Å². The number of hydrogen-bond acceptors (Lipinski definition) is 6. The molecule has 0 saturated heterocycles. The van der Waals surface area contributed by atoms with Crippen LogP contribution in [0.4, 0.5) is 0 Å². The van der Waals surface area contributed by atoms with Crippen LogP contribution >= 0.6 is 0 Å². The van der Waals surface area contributed by atoms with E-state index < -0.39 is 16.7 Å². The summed E-state index contributed by atoms with van der Waals surface area (Å²) >= 11 is 0. The van der Waals surface area contributed by atoms with Crippen molar-refractivity contribution >= 4 is 22.2 Å². The molecule has 3 rings (SSSR count). The Kier molecular flexibility index (Phi) is 3.45. The number of primary amides is 1. The molecule has 0 saturated carbocycles. The van der Waals surface area contributed by atoms with E-state index in [-0.39, 0.29) is 5.56 Å². The molecule has 0 radical (unpaired) electrons. The van der Waals surface area contributed by atoms with Crippen LogP contribution in [-0.4, -0.2) is 45.7 Å². The van der Waals surface area contributed by atoms with E-state index in [9.17, 15) is 9.00 Å². The molecular weight excluding hydrogens is 306 g/mol. The molecule has 0 aliphatic heterocycles. The Labute approximate surface area is 127 Å². The Morgan fingerprint density at radius 2 is 2.23 bits per heavy atom. The van der Waals surface area contributed by atoms with Gasteiger partial charge in [0.25, 0.3) is 5.91 Å². The molecule has 0 aliphatic rings. The lowest BCUT2D eigenvalue weighted by molar-refractivity contribution is 0.0997. The minimum atomic E-state index is -1.36. The number of carbonyl (C=O) groups excluding carboxylic acids is 1. The number of nitrogens with two attached hydrogens (primary N) is 1. The maximum absolute atomic E-state index is 12.3. The Morgan fingerprint density at radius 3 is 2.82 bits per heavy atom. The largest absolute Gasteiger partial charge is 0.366 e. The van der Waals surface area contributed by atoms with E-state index in [1.54, 1.807) is 26.2 Å². The van der Waals surface area contributed by atoms with Gasteiger partial charge in [0.1, 0.15) is 0 Å². The van der Waals surface area contributed by atoms with Crippen LogP contribution in [0, 0.1) is 0 Å². The lowest BCUT2D eigenvalue weighted by Crippen LogP contribution is -2.16. The minimum absolute atomic E-state index is 0.157. The molecule has 3 aromatic rings. The summed E-state index contributed by atoms with van der Waals surface area (Å²) in [6.07, 6.45) is 3.01. The lowest BCUT2D eigenvalue weighted by Gasteiger charge is -2.07. The average molecular weight is 319 g/mol. The summed E-state index contributed by atoms with van der Waals surface area (Å²) in [5.74, 6) is 0.123. The molecule has 2 N–H and O–H groups in total. The number of rotatable bonds is 4. The van der Waals surface area contributed by atoms with E-state index in [2.05, 4.69) is 20.5 Å². The molecule has 0 aromatic carbocycles. The van der Waals surface area contributed by atoms with Gasteiger partial charge in [-0.15, -0.1) is 10.2 Å². The van der Waals surface area contributed by atoms with Crippen LogP contribution in [0.3, 0.4) is 0 Å². The van der Waals surface area contributed by atoms with E-state index in [1.165, 1.54) is 15.5 Å². The second-order valence-corrected chi connectivity index (χ2v) is 6.22. The Bertz CT molecular complexity index is 898. The predicted octanol–water partition coefficient (Wildman–Crippen LogP) is -0.249. The van der Waals surface area contributed by atoms with E-state index >= 15 is 0 Å². The van der Waals surface area contributed by atoms with Crippen LogP contribution < -0.4 is 5.73 Å². The van der Waals surface area contributed by atoms with Crippen LogP contribution in [0.2, 0.25) is 0 Å². The first-order valence-corrected chi connectivity index (χ1v) is 7.77. The predicted molar refractivity (Wildman–Crippen MR) is 78.5 cm³/mol. The van der Waals surface area contributed by atoms with E-state index in [0.29, 0.717) is 27.6 Å². The third-order valence-electron chi connectivity index (χ3n) is 3.11. The first kappa shape index (κ1) is 14.3. The van der Waals surface area contributed by atoms with E-state index in [4.69, 9.17) is 5.73 Å². The third-order valence-corrected chi connectivity index (χ3v) is 4.52. The van der Waals surface area contributed by atoms with Crippen molar-refractivity contribution in [1.29, 1.82) is 0 Å². The highest BCUT2D eigenvalue weighted by molar-refractivity contribution is 7.85. The van der Waals surface area contributed by atoms with Gasteiger partial charge in [0.2, 0.25) is 5.82 Å². The first-order valence-electron chi connectivity index (χ1n) is 6.45. The van der Waals surface area contributed by atoms with Crippen molar-refractivity contribution in [2.45, 2.75) is 11.8 Å². The SMILES string of the molecule is CCS(=O)c1c(C(N)=O)cnn2cc(-c3nnn(C)n3)cc12. The fraction of sp³-hybridized carbons (Fsp3) is 0.250. The number of nitrogens with zero attached hydrogens (tertiary/aromatic N) is 6. The van der Waals surface area contributed by atoms with Gasteiger partial charge in [-0.25, -0.2) is 4.52 Å². The highest BCUT2D eigenvalue weighted by Crippen LogP contribution is 2.25. The van der Waals surface area contributed by atoms with Gasteiger partial charge in [-0.3, -0.25) is 9.00 Å². The average Bonchev–Trinajstić information content (AvgIpc) is 3.10. The van der Waals surface area contributed by atoms with Crippen molar-refractivity contribution in [2.75, 3.05) is 5.75 Å². The highest BCUT2D eigenvalue weighted by Gasteiger charge is 2.20. The Morgan fingerprint density at radius 1 is 1.45 bits per heavy atom. The number of aryl methyl sites for hydroxylation is 1. The smallest absolute Gasteiger partial charge is 0.251 e. The van der Waals surface area contributed by atoms with Gasteiger partial charge in [-0.2, -0.15) is 9.90 Å². The van der Waals surface area contributed by atoms with Gasteiger partial charge >= 0.3 is 0 Å². The quantitative estimate of drug-likeness (QED) is 0.708. The van der Waals surface area contributed by atoms with Crippen molar-refractivity contribution in [3.63, 3.8) is 0 Å². The zero-order valence-electron chi connectivity index (χ0n) is 11.9.